The van der Waals surface area contributed by atoms with Crippen LogP contribution in [0.5, 0.6) is 5.75 Å². The molecular weight excluding hydrogens is 318 g/mol. The first kappa shape index (κ1) is 14.6. The highest BCUT2D eigenvalue weighted by atomic mass is 35.7. The summed E-state index contributed by atoms with van der Waals surface area (Å²) in [6, 6.07) is 4.01. The number of amides is 1. The average molecular weight is 332 g/mol. The molecular formula is C13H14ClNO5S. The van der Waals surface area contributed by atoms with Crippen molar-refractivity contribution >= 4 is 25.6 Å². The van der Waals surface area contributed by atoms with Gasteiger partial charge in [0.1, 0.15) is 12.4 Å². The summed E-state index contributed by atoms with van der Waals surface area (Å²) in [5.74, 6) is 0.300. The first-order valence-electron chi connectivity index (χ1n) is 6.54. The number of halogens is 1. The Morgan fingerprint density at radius 2 is 2.14 bits per heavy atom. The van der Waals surface area contributed by atoms with Crippen molar-refractivity contribution in [2.24, 2.45) is 5.92 Å². The van der Waals surface area contributed by atoms with Crippen LogP contribution in [0.3, 0.4) is 0 Å². The minimum atomic E-state index is -3.81. The van der Waals surface area contributed by atoms with Gasteiger partial charge in [-0.15, -0.1) is 0 Å². The lowest BCUT2D eigenvalue weighted by Gasteiger charge is -2.15. The zero-order chi connectivity index (χ0) is 15.0. The molecule has 0 spiro atoms. The lowest BCUT2D eigenvalue weighted by molar-refractivity contribution is -0.125. The zero-order valence-corrected chi connectivity index (χ0v) is 12.6. The number of fused-ring (bicyclic) bond motifs is 1. The molecule has 2 aliphatic heterocycles. The molecule has 0 radical (unpaired) electrons. The van der Waals surface area contributed by atoms with Gasteiger partial charge in [0, 0.05) is 22.9 Å². The van der Waals surface area contributed by atoms with E-state index in [-0.39, 0.29) is 29.4 Å². The van der Waals surface area contributed by atoms with E-state index in [0.29, 0.717) is 30.9 Å². The van der Waals surface area contributed by atoms with Gasteiger partial charge in [-0.25, -0.2) is 8.42 Å². The minimum Gasteiger partial charge on any atom is -0.491 e. The summed E-state index contributed by atoms with van der Waals surface area (Å²) < 4.78 is 33.4. The third-order valence-corrected chi connectivity index (χ3v) is 5.01. The van der Waals surface area contributed by atoms with Crippen LogP contribution in [0, 0.1) is 5.92 Å². The highest BCUT2D eigenvalue weighted by molar-refractivity contribution is 8.13. The lowest BCUT2D eigenvalue weighted by atomic mass is 10.1. The molecule has 1 fully saturated rings. The van der Waals surface area contributed by atoms with Crippen molar-refractivity contribution in [3.8, 4) is 5.75 Å². The fraction of sp³-hybridized carbons (Fsp3) is 0.462. The van der Waals surface area contributed by atoms with Crippen molar-refractivity contribution in [1.29, 1.82) is 0 Å². The Hall–Kier alpha value is -1.31. The van der Waals surface area contributed by atoms with Crippen LogP contribution in [0.25, 0.3) is 0 Å². The van der Waals surface area contributed by atoms with Gasteiger partial charge >= 0.3 is 0 Å². The largest absolute Gasteiger partial charge is 0.491 e. The van der Waals surface area contributed by atoms with Crippen LogP contribution in [-0.2, 0) is 18.6 Å². The summed E-state index contributed by atoms with van der Waals surface area (Å²) >= 11 is 0. The van der Waals surface area contributed by atoms with Crippen LogP contribution in [0.2, 0.25) is 0 Å². The van der Waals surface area contributed by atoms with Gasteiger partial charge in [-0.1, -0.05) is 0 Å². The molecule has 1 saturated heterocycles. The van der Waals surface area contributed by atoms with Gasteiger partial charge in [0.2, 0.25) is 5.91 Å². The van der Waals surface area contributed by atoms with E-state index in [9.17, 15) is 13.2 Å². The summed E-state index contributed by atoms with van der Waals surface area (Å²) in [5.41, 5.74) is 0.629. The molecule has 6 nitrogen and oxygen atoms in total. The first-order chi connectivity index (χ1) is 9.95. The number of hydrogen-bond acceptors (Lipinski definition) is 5. The summed E-state index contributed by atoms with van der Waals surface area (Å²) in [6.07, 6.45) is 0.697. The van der Waals surface area contributed by atoms with Crippen LogP contribution in [0.15, 0.2) is 23.1 Å². The van der Waals surface area contributed by atoms with Gasteiger partial charge in [0.25, 0.3) is 9.05 Å². The van der Waals surface area contributed by atoms with E-state index < -0.39 is 9.05 Å². The Morgan fingerprint density at radius 1 is 1.33 bits per heavy atom. The first-order valence-corrected chi connectivity index (χ1v) is 8.85. The van der Waals surface area contributed by atoms with Crippen molar-refractivity contribution in [3.63, 3.8) is 0 Å². The molecule has 0 aliphatic carbocycles. The Balaban J connectivity index is 1.80. The van der Waals surface area contributed by atoms with Crippen LogP contribution >= 0.6 is 10.7 Å². The Bertz CT molecular complexity index is 669. The molecule has 1 amide bonds. The van der Waals surface area contributed by atoms with E-state index in [1.165, 1.54) is 12.1 Å². The molecule has 0 saturated carbocycles. The molecule has 21 heavy (non-hydrogen) atoms. The smallest absolute Gasteiger partial charge is 0.261 e. The number of ether oxygens (including phenoxy) is 2. The maximum atomic E-state index is 12.1. The Morgan fingerprint density at radius 3 is 2.81 bits per heavy atom. The second-order valence-electron chi connectivity index (χ2n) is 5.07. The maximum Gasteiger partial charge on any atom is 0.261 e. The van der Waals surface area contributed by atoms with Crippen molar-refractivity contribution in [1.82, 2.24) is 5.32 Å². The maximum absolute atomic E-state index is 12.1. The van der Waals surface area contributed by atoms with Crippen LogP contribution in [0.1, 0.15) is 18.0 Å². The van der Waals surface area contributed by atoms with Gasteiger partial charge in [-0.3, -0.25) is 4.79 Å². The van der Waals surface area contributed by atoms with Crippen LogP contribution in [-0.4, -0.2) is 34.1 Å². The number of rotatable bonds is 3. The minimum absolute atomic E-state index is 0.00290. The second-order valence-corrected chi connectivity index (χ2v) is 7.64. The van der Waals surface area contributed by atoms with Gasteiger partial charge < -0.3 is 14.8 Å². The summed E-state index contributed by atoms with van der Waals surface area (Å²) in [6.45, 7) is 1.29. The molecule has 2 unspecified atom stereocenters. The molecule has 1 aromatic carbocycles. The highest BCUT2D eigenvalue weighted by Gasteiger charge is 2.31. The molecule has 8 heteroatoms. The topological polar surface area (TPSA) is 81.7 Å². The van der Waals surface area contributed by atoms with E-state index in [1.54, 1.807) is 6.07 Å². The fourth-order valence-corrected chi connectivity index (χ4v) is 3.28. The average Bonchev–Trinajstić information content (AvgIpc) is 3.07. The Labute approximate surface area is 126 Å². The molecule has 2 atom stereocenters. The van der Waals surface area contributed by atoms with Crippen LogP contribution < -0.4 is 10.1 Å². The molecule has 0 bridgehead atoms. The molecule has 114 valence electrons. The van der Waals surface area contributed by atoms with E-state index in [0.717, 1.165) is 0 Å². The summed E-state index contributed by atoms with van der Waals surface area (Å²) in [4.78, 5) is 12.1. The molecule has 1 aromatic rings. The van der Waals surface area contributed by atoms with Gasteiger partial charge in [0.05, 0.1) is 23.5 Å². The third kappa shape index (κ3) is 3.00. The van der Waals surface area contributed by atoms with E-state index >= 15 is 0 Å². The van der Waals surface area contributed by atoms with Gasteiger partial charge in [0.15, 0.2) is 0 Å². The van der Waals surface area contributed by atoms with Crippen molar-refractivity contribution in [3.05, 3.63) is 23.8 Å². The van der Waals surface area contributed by atoms with E-state index in [1.807, 2.05) is 0 Å². The SMILES string of the molecule is O=C(NC1COc2ccc(S(=O)(=O)Cl)cc21)C1CCOC1. The van der Waals surface area contributed by atoms with E-state index in [4.69, 9.17) is 20.2 Å². The third-order valence-electron chi connectivity index (χ3n) is 3.66. The number of benzene rings is 1. The predicted molar refractivity (Wildman–Crippen MR) is 74.8 cm³/mol. The monoisotopic (exact) mass is 331 g/mol. The zero-order valence-electron chi connectivity index (χ0n) is 11.0. The molecule has 2 heterocycles. The van der Waals surface area contributed by atoms with Crippen molar-refractivity contribution < 1.29 is 22.7 Å². The summed E-state index contributed by atoms with van der Waals surface area (Å²) in [5, 5.41) is 2.87. The number of carbonyl (C=O) groups is 1. The molecule has 3 rings (SSSR count). The second kappa shape index (κ2) is 5.47. The molecule has 1 N–H and O–H groups in total. The normalized spacial score (nSPS) is 24.4. The quantitative estimate of drug-likeness (QED) is 0.842. The van der Waals surface area contributed by atoms with Crippen molar-refractivity contribution in [2.75, 3.05) is 19.8 Å². The van der Waals surface area contributed by atoms with Gasteiger partial charge in [-0.2, -0.15) is 0 Å². The number of nitrogens with one attached hydrogen (secondary N) is 1. The standard InChI is InChI=1S/C13H14ClNO5S/c14-21(17,18)9-1-2-12-10(5-9)11(7-20-12)15-13(16)8-3-4-19-6-8/h1-2,5,8,11H,3-4,6-7H2,(H,15,16). The van der Waals surface area contributed by atoms with E-state index in [2.05, 4.69) is 5.32 Å². The summed E-state index contributed by atoms with van der Waals surface area (Å²) in [7, 11) is 1.54. The van der Waals surface area contributed by atoms with Crippen molar-refractivity contribution in [2.45, 2.75) is 17.4 Å². The van der Waals surface area contributed by atoms with Gasteiger partial charge in [-0.05, 0) is 24.6 Å². The number of hydrogen-bond donors (Lipinski definition) is 1. The van der Waals surface area contributed by atoms with Crippen LogP contribution in [0.4, 0.5) is 0 Å². The fourth-order valence-electron chi connectivity index (χ4n) is 2.50. The molecule has 2 aliphatic rings. The lowest BCUT2D eigenvalue weighted by Crippen LogP contribution is -2.35. The molecule has 0 aromatic heterocycles. The number of carbonyl (C=O) groups excluding carboxylic acids is 1. The Kier molecular flexibility index (Phi) is 3.81. The predicted octanol–water partition coefficient (Wildman–Crippen LogP) is 1.20. The highest BCUT2D eigenvalue weighted by Crippen LogP contribution is 2.35.